The SMILES string of the molecule is CCCCCCCCN1c2nccc[n+]2C[C@@]1(O)c1ccc(F)cc1.[Br-]. The largest absolute Gasteiger partial charge is 1.00 e. The fourth-order valence-electron chi connectivity index (χ4n) is 3.53. The highest BCUT2D eigenvalue weighted by molar-refractivity contribution is 5.38. The van der Waals surface area contributed by atoms with Crippen LogP contribution in [0.5, 0.6) is 0 Å². The number of anilines is 1. The number of aromatic nitrogens is 2. The van der Waals surface area contributed by atoms with Crippen LogP contribution in [0.4, 0.5) is 10.3 Å². The number of benzene rings is 1. The zero-order chi connectivity index (χ0) is 17.7. The van der Waals surface area contributed by atoms with E-state index in [1.807, 2.05) is 21.7 Å². The second-order valence-corrected chi connectivity index (χ2v) is 6.79. The first kappa shape index (κ1) is 20.8. The molecular formula is C20H27BrFN3O. The fourth-order valence-corrected chi connectivity index (χ4v) is 3.53. The summed E-state index contributed by atoms with van der Waals surface area (Å²) < 4.78 is 15.3. The average Bonchev–Trinajstić information content (AvgIpc) is 2.91. The van der Waals surface area contributed by atoms with Crippen molar-refractivity contribution in [2.24, 2.45) is 0 Å². The van der Waals surface area contributed by atoms with Crippen LogP contribution in [0.25, 0.3) is 0 Å². The van der Waals surface area contributed by atoms with Crippen LogP contribution in [0, 0.1) is 5.82 Å². The van der Waals surface area contributed by atoms with Crippen molar-refractivity contribution in [2.45, 2.75) is 57.7 Å². The lowest BCUT2D eigenvalue weighted by Crippen LogP contribution is -3.00. The van der Waals surface area contributed by atoms with Crippen molar-refractivity contribution < 1.29 is 31.0 Å². The summed E-state index contributed by atoms with van der Waals surface area (Å²) in [4.78, 5) is 6.42. The Morgan fingerprint density at radius 3 is 2.58 bits per heavy atom. The van der Waals surface area contributed by atoms with Gasteiger partial charge in [0.25, 0.3) is 0 Å². The highest BCUT2D eigenvalue weighted by Gasteiger charge is 2.51. The Labute approximate surface area is 165 Å². The molecule has 0 saturated carbocycles. The van der Waals surface area contributed by atoms with E-state index in [0.717, 1.165) is 25.3 Å². The van der Waals surface area contributed by atoms with Gasteiger partial charge in [-0.15, -0.1) is 0 Å². The number of unbranched alkanes of at least 4 members (excludes halogenated alkanes) is 5. The van der Waals surface area contributed by atoms with Crippen LogP contribution >= 0.6 is 0 Å². The summed E-state index contributed by atoms with van der Waals surface area (Å²) in [5, 5.41) is 11.4. The number of fused-ring (bicyclic) bond motifs is 1. The van der Waals surface area contributed by atoms with Gasteiger partial charge in [-0.1, -0.05) is 44.0 Å². The molecule has 1 aliphatic rings. The molecule has 2 heterocycles. The summed E-state index contributed by atoms with van der Waals surface area (Å²) in [5.74, 6) is 0.471. The minimum atomic E-state index is -1.18. The Kier molecular flexibility index (Phi) is 7.53. The second-order valence-electron chi connectivity index (χ2n) is 6.79. The van der Waals surface area contributed by atoms with Crippen molar-refractivity contribution in [3.05, 3.63) is 54.1 Å². The molecule has 26 heavy (non-hydrogen) atoms. The molecule has 1 aromatic carbocycles. The van der Waals surface area contributed by atoms with Crippen molar-refractivity contribution >= 4 is 5.95 Å². The Bertz CT molecular complexity index is 698. The first-order chi connectivity index (χ1) is 12.1. The molecule has 1 atom stereocenters. The van der Waals surface area contributed by atoms with Crippen LogP contribution in [0.15, 0.2) is 42.7 Å². The molecule has 0 unspecified atom stereocenters. The van der Waals surface area contributed by atoms with Gasteiger partial charge in [-0.05, 0) is 30.7 Å². The molecule has 0 aliphatic carbocycles. The van der Waals surface area contributed by atoms with Crippen LogP contribution < -0.4 is 26.4 Å². The van der Waals surface area contributed by atoms with Crippen LogP contribution in [-0.2, 0) is 12.3 Å². The number of aliphatic hydroxyl groups is 1. The zero-order valence-corrected chi connectivity index (χ0v) is 16.8. The number of nitrogens with zero attached hydrogens (tertiary/aromatic N) is 3. The maximum absolute atomic E-state index is 13.3. The third-order valence-electron chi connectivity index (χ3n) is 4.92. The van der Waals surface area contributed by atoms with Gasteiger partial charge in [-0.3, -0.25) is 0 Å². The smallest absolute Gasteiger partial charge is 0.396 e. The van der Waals surface area contributed by atoms with Gasteiger partial charge < -0.3 is 22.1 Å². The Morgan fingerprint density at radius 2 is 1.85 bits per heavy atom. The topological polar surface area (TPSA) is 40.2 Å². The van der Waals surface area contributed by atoms with E-state index in [2.05, 4.69) is 11.9 Å². The molecule has 1 aromatic heterocycles. The summed E-state index contributed by atoms with van der Waals surface area (Å²) in [6.45, 7) is 3.35. The molecule has 0 bridgehead atoms. The van der Waals surface area contributed by atoms with Crippen LogP contribution in [0.3, 0.4) is 0 Å². The third-order valence-corrected chi connectivity index (χ3v) is 4.92. The van der Waals surface area contributed by atoms with Gasteiger partial charge >= 0.3 is 5.95 Å². The van der Waals surface area contributed by atoms with Gasteiger partial charge in [0.15, 0.2) is 0 Å². The van der Waals surface area contributed by atoms with E-state index in [1.54, 1.807) is 18.3 Å². The van der Waals surface area contributed by atoms with Gasteiger partial charge in [-0.25, -0.2) is 13.9 Å². The summed E-state index contributed by atoms with van der Waals surface area (Å²) in [5.41, 5.74) is -0.483. The summed E-state index contributed by atoms with van der Waals surface area (Å²) >= 11 is 0. The van der Waals surface area contributed by atoms with Gasteiger partial charge in [0.05, 0.1) is 12.7 Å². The van der Waals surface area contributed by atoms with Crippen molar-refractivity contribution in [3.63, 3.8) is 0 Å². The van der Waals surface area contributed by atoms with Crippen molar-refractivity contribution in [2.75, 3.05) is 11.4 Å². The minimum absolute atomic E-state index is 0. The molecule has 0 fully saturated rings. The quantitative estimate of drug-likeness (QED) is 0.497. The van der Waals surface area contributed by atoms with E-state index >= 15 is 0 Å². The lowest BCUT2D eigenvalue weighted by atomic mass is 10.0. The van der Waals surface area contributed by atoms with Gasteiger partial charge in [0.2, 0.25) is 5.72 Å². The summed E-state index contributed by atoms with van der Waals surface area (Å²) in [6, 6.07) is 7.99. The predicted molar refractivity (Wildman–Crippen MR) is 95.5 cm³/mol. The first-order valence-corrected chi connectivity index (χ1v) is 9.25. The molecule has 2 aromatic rings. The molecule has 0 spiro atoms. The Balaban J connectivity index is 0.00000243. The molecule has 4 nitrogen and oxygen atoms in total. The monoisotopic (exact) mass is 423 g/mol. The van der Waals surface area contributed by atoms with Crippen LogP contribution in [0.2, 0.25) is 0 Å². The van der Waals surface area contributed by atoms with Crippen molar-refractivity contribution in [3.8, 4) is 0 Å². The van der Waals surface area contributed by atoms with Crippen LogP contribution in [-0.4, -0.2) is 16.6 Å². The molecule has 142 valence electrons. The Hall–Kier alpha value is -1.53. The Morgan fingerprint density at radius 1 is 1.15 bits per heavy atom. The molecule has 1 aliphatic heterocycles. The normalized spacial score (nSPS) is 18.5. The van der Waals surface area contributed by atoms with E-state index < -0.39 is 5.72 Å². The first-order valence-electron chi connectivity index (χ1n) is 9.25. The van der Waals surface area contributed by atoms with Crippen molar-refractivity contribution in [1.29, 1.82) is 0 Å². The fraction of sp³-hybridized carbons (Fsp3) is 0.500. The molecule has 1 N–H and O–H groups in total. The molecule has 6 heteroatoms. The van der Waals surface area contributed by atoms with Gasteiger partial charge in [0, 0.05) is 11.6 Å². The molecule has 0 saturated heterocycles. The summed E-state index contributed by atoms with van der Waals surface area (Å²) in [6.07, 6.45) is 10.8. The van der Waals surface area contributed by atoms with Gasteiger partial charge in [0.1, 0.15) is 18.6 Å². The van der Waals surface area contributed by atoms with E-state index in [4.69, 9.17) is 0 Å². The summed E-state index contributed by atoms with van der Waals surface area (Å²) in [7, 11) is 0. The standard InChI is InChI=1S/C20H27FN3O.BrH/c1-2-3-4-5-6-7-15-24-19-22-13-8-14-23(19)16-20(24,25)17-9-11-18(21)12-10-17;/h8-14,25H,2-7,15-16H2,1H3;1H/q+1;/p-1/t20-;/m1./s1. The van der Waals surface area contributed by atoms with E-state index in [0.29, 0.717) is 12.1 Å². The lowest BCUT2D eigenvalue weighted by Gasteiger charge is -2.28. The highest BCUT2D eigenvalue weighted by Crippen LogP contribution is 2.34. The molecule has 0 amide bonds. The van der Waals surface area contributed by atoms with Crippen LogP contribution in [0.1, 0.15) is 51.0 Å². The highest BCUT2D eigenvalue weighted by atomic mass is 79.9. The molecule has 0 radical (unpaired) electrons. The maximum Gasteiger partial charge on any atom is 0.396 e. The number of hydrogen-bond acceptors (Lipinski definition) is 3. The third kappa shape index (κ3) is 4.41. The number of rotatable bonds is 8. The lowest BCUT2D eigenvalue weighted by molar-refractivity contribution is -0.685. The van der Waals surface area contributed by atoms with E-state index in [-0.39, 0.29) is 22.8 Å². The van der Waals surface area contributed by atoms with E-state index in [1.165, 1.54) is 37.8 Å². The second kappa shape index (κ2) is 9.42. The van der Waals surface area contributed by atoms with Gasteiger partial charge in [-0.2, -0.15) is 0 Å². The number of halogens is 2. The van der Waals surface area contributed by atoms with E-state index in [9.17, 15) is 9.50 Å². The van der Waals surface area contributed by atoms with Crippen molar-refractivity contribution in [1.82, 2.24) is 4.98 Å². The zero-order valence-electron chi connectivity index (χ0n) is 15.2. The maximum atomic E-state index is 13.3. The molecule has 3 rings (SSSR count). The molecular weight excluding hydrogens is 397 g/mol. The number of hydrogen-bond donors (Lipinski definition) is 1. The predicted octanol–water partition coefficient (Wildman–Crippen LogP) is 0.538. The minimum Gasteiger partial charge on any atom is -1.00 e. The average molecular weight is 424 g/mol.